The number of aryl methyl sites for hydroxylation is 4. The molecule has 5 heteroatoms. The van der Waals surface area contributed by atoms with Crippen molar-refractivity contribution in [3.63, 3.8) is 0 Å². The summed E-state index contributed by atoms with van der Waals surface area (Å²) in [4.78, 5) is 28.5. The minimum absolute atomic E-state index is 0.211. The molecule has 0 atom stereocenters. The van der Waals surface area contributed by atoms with E-state index in [1.165, 1.54) is 4.90 Å². The molecule has 0 spiro atoms. The van der Waals surface area contributed by atoms with Gasteiger partial charge in [0.25, 0.3) is 11.8 Å². The van der Waals surface area contributed by atoms with E-state index in [-0.39, 0.29) is 24.1 Å². The average molecular weight is 441 g/mol. The Bertz CT molecular complexity index is 1270. The number of nitrogens with zero attached hydrogens (tertiary/aromatic N) is 1. The first-order chi connectivity index (χ1) is 15.8. The Morgan fingerprint density at radius 2 is 1.42 bits per heavy atom. The quantitative estimate of drug-likeness (QED) is 0.527. The topological polar surface area (TPSA) is 58.6 Å². The smallest absolute Gasteiger partial charge is 0.278 e. The van der Waals surface area contributed by atoms with E-state index in [0.717, 1.165) is 33.4 Å². The second kappa shape index (κ2) is 8.94. The second-order valence-corrected chi connectivity index (χ2v) is 8.58. The van der Waals surface area contributed by atoms with Gasteiger partial charge in [-0.1, -0.05) is 59.7 Å². The maximum absolute atomic E-state index is 13.6. The van der Waals surface area contributed by atoms with Crippen molar-refractivity contribution >= 4 is 23.1 Å². The molecule has 1 aliphatic rings. The van der Waals surface area contributed by atoms with E-state index >= 15 is 0 Å². The van der Waals surface area contributed by atoms with Crippen LogP contribution < -0.4 is 10.1 Å². The minimum atomic E-state index is -0.348. The number of methoxy groups -OCH3 is 1. The molecule has 0 fully saturated rings. The highest BCUT2D eigenvalue weighted by Crippen LogP contribution is 2.35. The van der Waals surface area contributed by atoms with Gasteiger partial charge in [-0.2, -0.15) is 0 Å². The summed E-state index contributed by atoms with van der Waals surface area (Å²) < 4.78 is 5.49. The van der Waals surface area contributed by atoms with Crippen molar-refractivity contribution in [2.45, 2.75) is 34.2 Å². The van der Waals surface area contributed by atoms with Crippen LogP contribution in [0.2, 0.25) is 0 Å². The van der Waals surface area contributed by atoms with Crippen molar-refractivity contribution in [2.75, 3.05) is 12.4 Å². The SMILES string of the molecule is COc1ccc(C)cc1NC1=C(c2ccc(C)cc2C)C(=O)N(Cc2ccc(C)cc2)C1=O. The van der Waals surface area contributed by atoms with Gasteiger partial charge in [-0.25, -0.2) is 0 Å². The lowest BCUT2D eigenvalue weighted by atomic mass is 9.97. The third-order valence-electron chi connectivity index (χ3n) is 5.90. The van der Waals surface area contributed by atoms with Crippen LogP contribution in [0.5, 0.6) is 5.75 Å². The van der Waals surface area contributed by atoms with Crippen molar-refractivity contribution in [2.24, 2.45) is 0 Å². The molecule has 168 valence electrons. The number of carbonyl (C=O) groups excluding carboxylic acids is 2. The standard InChI is InChI=1S/C28H28N2O3/c1-17-6-10-21(11-7-17)16-30-27(31)25(22-12-8-18(2)14-20(22)4)26(28(30)32)29-23-15-19(3)9-13-24(23)33-5/h6-15,29H,16H2,1-5H3. The van der Waals surface area contributed by atoms with E-state index in [2.05, 4.69) is 5.32 Å². The van der Waals surface area contributed by atoms with Crippen LogP contribution in [-0.4, -0.2) is 23.8 Å². The summed E-state index contributed by atoms with van der Waals surface area (Å²) in [6, 6.07) is 19.4. The Balaban J connectivity index is 1.81. The Hall–Kier alpha value is -3.86. The highest BCUT2D eigenvalue weighted by atomic mass is 16.5. The monoisotopic (exact) mass is 440 g/mol. The molecule has 0 aromatic heterocycles. The fourth-order valence-corrected chi connectivity index (χ4v) is 4.11. The maximum atomic E-state index is 13.6. The van der Waals surface area contributed by atoms with Gasteiger partial charge in [-0.3, -0.25) is 14.5 Å². The number of imide groups is 1. The lowest BCUT2D eigenvalue weighted by molar-refractivity contribution is -0.137. The van der Waals surface area contributed by atoms with Gasteiger partial charge in [0.2, 0.25) is 0 Å². The predicted molar refractivity (Wildman–Crippen MR) is 131 cm³/mol. The summed E-state index contributed by atoms with van der Waals surface area (Å²) in [5.74, 6) is -0.0499. The normalized spacial score (nSPS) is 13.7. The zero-order valence-electron chi connectivity index (χ0n) is 19.7. The number of hydrogen-bond acceptors (Lipinski definition) is 4. The van der Waals surface area contributed by atoms with E-state index in [1.807, 2.05) is 88.4 Å². The minimum Gasteiger partial charge on any atom is -0.495 e. The summed E-state index contributed by atoms with van der Waals surface area (Å²) >= 11 is 0. The van der Waals surface area contributed by atoms with Gasteiger partial charge >= 0.3 is 0 Å². The van der Waals surface area contributed by atoms with Crippen LogP contribution in [-0.2, 0) is 16.1 Å². The molecule has 0 saturated heterocycles. The van der Waals surface area contributed by atoms with E-state index in [4.69, 9.17) is 4.74 Å². The zero-order valence-corrected chi connectivity index (χ0v) is 19.7. The first-order valence-electron chi connectivity index (χ1n) is 10.9. The molecule has 5 nitrogen and oxygen atoms in total. The molecule has 3 aromatic rings. The third-order valence-corrected chi connectivity index (χ3v) is 5.90. The van der Waals surface area contributed by atoms with Gasteiger partial charge in [0.1, 0.15) is 11.4 Å². The predicted octanol–water partition coefficient (Wildman–Crippen LogP) is 5.32. The second-order valence-electron chi connectivity index (χ2n) is 8.58. The number of nitrogens with one attached hydrogen (secondary N) is 1. The highest BCUT2D eigenvalue weighted by Gasteiger charge is 2.40. The van der Waals surface area contributed by atoms with Gasteiger partial charge in [0.15, 0.2) is 0 Å². The number of benzene rings is 3. The van der Waals surface area contributed by atoms with E-state index in [9.17, 15) is 9.59 Å². The van der Waals surface area contributed by atoms with E-state index < -0.39 is 0 Å². The molecule has 1 heterocycles. The molecule has 0 aliphatic carbocycles. The fourth-order valence-electron chi connectivity index (χ4n) is 4.11. The fraction of sp³-hybridized carbons (Fsp3) is 0.214. The number of carbonyl (C=O) groups is 2. The Kier molecular flexibility index (Phi) is 6.05. The molecule has 2 amide bonds. The van der Waals surface area contributed by atoms with Crippen LogP contribution in [0.1, 0.15) is 33.4 Å². The van der Waals surface area contributed by atoms with Crippen molar-refractivity contribution in [1.82, 2.24) is 4.90 Å². The first kappa shape index (κ1) is 22.3. The first-order valence-corrected chi connectivity index (χ1v) is 10.9. The van der Waals surface area contributed by atoms with Crippen molar-refractivity contribution in [3.8, 4) is 5.75 Å². The molecular weight excluding hydrogens is 412 g/mol. The number of anilines is 1. The summed E-state index contributed by atoms with van der Waals surface area (Å²) in [7, 11) is 1.58. The summed E-state index contributed by atoms with van der Waals surface area (Å²) in [5, 5.41) is 3.24. The van der Waals surface area contributed by atoms with Crippen LogP contribution in [0.25, 0.3) is 5.57 Å². The molecule has 3 aromatic carbocycles. The van der Waals surface area contributed by atoms with Crippen molar-refractivity contribution in [3.05, 3.63) is 99.7 Å². The highest BCUT2D eigenvalue weighted by molar-refractivity contribution is 6.36. The summed E-state index contributed by atoms with van der Waals surface area (Å²) in [6.45, 7) is 8.15. The molecule has 33 heavy (non-hydrogen) atoms. The molecule has 0 unspecified atom stereocenters. The Morgan fingerprint density at radius 3 is 2.09 bits per heavy atom. The zero-order chi connectivity index (χ0) is 23.7. The Morgan fingerprint density at radius 1 is 0.788 bits per heavy atom. The summed E-state index contributed by atoms with van der Waals surface area (Å²) in [5.41, 5.74) is 7.13. The average Bonchev–Trinajstić information content (AvgIpc) is 3.00. The van der Waals surface area contributed by atoms with Crippen LogP contribution >= 0.6 is 0 Å². The number of hydrogen-bond donors (Lipinski definition) is 1. The lowest BCUT2D eigenvalue weighted by Gasteiger charge is -2.16. The molecule has 4 rings (SSSR count). The lowest BCUT2D eigenvalue weighted by Crippen LogP contribution is -2.32. The van der Waals surface area contributed by atoms with Crippen molar-refractivity contribution in [1.29, 1.82) is 0 Å². The van der Waals surface area contributed by atoms with Gasteiger partial charge in [0, 0.05) is 0 Å². The van der Waals surface area contributed by atoms with Crippen LogP contribution in [0.4, 0.5) is 5.69 Å². The van der Waals surface area contributed by atoms with Crippen LogP contribution in [0, 0.1) is 27.7 Å². The third kappa shape index (κ3) is 4.40. The van der Waals surface area contributed by atoms with Gasteiger partial charge in [0.05, 0.1) is 24.9 Å². The molecule has 1 aliphatic heterocycles. The van der Waals surface area contributed by atoms with Gasteiger partial charge < -0.3 is 10.1 Å². The van der Waals surface area contributed by atoms with E-state index in [1.54, 1.807) is 7.11 Å². The molecule has 0 saturated carbocycles. The molecule has 0 radical (unpaired) electrons. The van der Waals surface area contributed by atoms with Crippen LogP contribution in [0.3, 0.4) is 0 Å². The summed E-state index contributed by atoms with van der Waals surface area (Å²) in [6.07, 6.45) is 0. The van der Waals surface area contributed by atoms with Crippen LogP contribution in [0.15, 0.2) is 66.4 Å². The number of amides is 2. The van der Waals surface area contributed by atoms with E-state index in [0.29, 0.717) is 17.0 Å². The van der Waals surface area contributed by atoms with Gasteiger partial charge in [-0.15, -0.1) is 0 Å². The molecule has 1 N–H and O–H groups in total. The maximum Gasteiger partial charge on any atom is 0.278 e. The molecular formula is C28H28N2O3. The molecule has 0 bridgehead atoms. The Labute approximate surface area is 194 Å². The number of rotatable bonds is 6. The largest absolute Gasteiger partial charge is 0.495 e. The number of ether oxygens (including phenoxy) is 1. The van der Waals surface area contributed by atoms with Gasteiger partial charge in [-0.05, 0) is 62.1 Å². The van der Waals surface area contributed by atoms with Crippen molar-refractivity contribution < 1.29 is 14.3 Å².